The Morgan fingerprint density at radius 2 is 2.00 bits per heavy atom. The molecule has 2 aromatic rings. The molecule has 1 aliphatic rings. The van der Waals surface area contributed by atoms with E-state index in [1.54, 1.807) is 0 Å². The summed E-state index contributed by atoms with van der Waals surface area (Å²) in [6, 6.07) is 12.4. The number of carbonyl (C=O) groups is 1. The lowest BCUT2D eigenvalue weighted by molar-refractivity contribution is -0.671. The molecule has 0 bridgehead atoms. The summed E-state index contributed by atoms with van der Waals surface area (Å²) in [4.78, 5) is 12.1. The quantitative estimate of drug-likeness (QED) is 0.839. The second-order valence-corrected chi connectivity index (χ2v) is 5.84. The number of hydrogen-bond donors (Lipinski definition) is 2. The average Bonchev–Trinajstić information content (AvgIpc) is 2.55. The van der Waals surface area contributed by atoms with Crippen molar-refractivity contribution in [2.75, 3.05) is 0 Å². The monoisotopic (exact) mass is 296 g/mol. The van der Waals surface area contributed by atoms with Gasteiger partial charge in [-0.3, -0.25) is 0 Å². The molecule has 22 heavy (non-hydrogen) atoms. The summed E-state index contributed by atoms with van der Waals surface area (Å²) in [5.74, 6) is 0. The van der Waals surface area contributed by atoms with Gasteiger partial charge in [0, 0.05) is 18.7 Å². The van der Waals surface area contributed by atoms with Gasteiger partial charge in [-0.05, 0) is 36.0 Å². The van der Waals surface area contributed by atoms with E-state index in [-0.39, 0.29) is 12.1 Å². The molecular formula is C18H22N3O+. The first-order valence-corrected chi connectivity index (χ1v) is 7.79. The number of aryl methyl sites for hydroxylation is 2. The van der Waals surface area contributed by atoms with Crippen LogP contribution < -0.4 is 15.2 Å². The number of rotatable bonds is 3. The van der Waals surface area contributed by atoms with E-state index in [0.717, 1.165) is 24.8 Å². The van der Waals surface area contributed by atoms with Gasteiger partial charge in [0.05, 0.1) is 6.04 Å². The van der Waals surface area contributed by atoms with Gasteiger partial charge in [0.15, 0.2) is 12.4 Å². The molecule has 0 radical (unpaired) electrons. The van der Waals surface area contributed by atoms with Crippen LogP contribution in [-0.2, 0) is 20.0 Å². The molecule has 1 aliphatic carbocycles. The molecule has 3 rings (SSSR count). The van der Waals surface area contributed by atoms with Crippen molar-refractivity contribution in [3.8, 4) is 0 Å². The predicted molar refractivity (Wildman–Crippen MR) is 85.1 cm³/mol. The topological polar surface area (TPSA) is 45.0 Å². The number of nitrogens with zero attached hydrogens (tertiary/aromatic N) is 1. The highest BCUT2D eigenvalue weighted by Gasteiger charge is 2.21. The Labute approximate surface area is 131 Å². The van der Waals surface area contributed by atoms with E-state index < -0.39 is 0 Å². The Kier molecular flexibility index (Phi) is 4.37. The summed E-state index contributed by atoms with van der Waals surface area (Å²) in [6.45, 7) is 0.543. The number of amides is 2. The molecule has 0 fully saturated rings. The van der Waals surface area contributed by atoms with Gasteiger partial charge in [-0.15, -0.1) is 0 Å². The minimum atomic E-state index is -0.102. The lowest BCUT2D eigenvalue weighted by atomic mass is 9.88. The fourth-order valence-electron chi connectivity index (χ4n) is 2.95. The first-order chi connectivity index (χ1) is 10.7. The third kappa shape index (κ3) is 3.45. The van der Waals surface area contributed by atoms with Crippen LogP contribution in [0.25, 0.3) is 0 Å². The number of hydrogen-bond acceptors (Lipinski definition) is 1. The van der Waals surface area contributed by atoms with E-state index in [1.165, 1.54) is 11.1 Å². The van der Waals surface area contributed by atoms with Crippen LogP contribution in [-0.4, -0.2) is 6.03 Å². The van der Waals surface area contributed by atoms with Crippen LogP contribution in [0.5, 0.6) is 0 Å². The Morgan fingerprint density at radius 1 is 1.23 bits per heavy atom. The molecule has 114 valence electrons. The van der Waals surface area contributed by atoms with Crippen LogP contribution >= 0.6 is 0 Å². The van der Waals surface area contributed by atoms with E-state index in [2.05, 4.69) is 28.8 Å². The van der Waals surface area contributed by atoms with Crippen LogP contribution in [0.2, 0.25) is 0 Å². The van der Waals surface area contributed by atoms with Crippen LogP contribution in [0.15, 0.2) is 48.8 Å². The zero-order valence-corrected chi connectivity index (χ0v) is 12.9. The van der Waals surface area contributed by atoms with Gasteiger partial charge < -0.3 is 10.6 Å². The number of aromatic nitrogens is 1. The third-order valence-corrected chi connectivity index (χ3v) is 4.18. The highest BCUT2D eigenvalue weighted by Crippen LogP contribution is 2.29. The molecule has 0 saturated heterocycles. The van der Waals surface area contributed by atoms with Gasteiger partial charge in [0.2, 0.25) is 0 Å². The van der Waals surface area contributed by atoms with Gasteiger partial charge in [-0.1, -0.05) is 24.3 Å². The third-order valence-electron chi connectivity index (χ3n) is 4.18. The number of nitrogens with one attached hydrogen (secondary N) is 2. The number of carbonyl (C=O) groups excluding carboxylic acids is 1. The fraction of sp³-hybridized carbons (Fsp3) is 0.333. The van der Waals surface area contributed by atoms with Gasteiger partial charge in [0.1, 0.15) is 7.05 Å². The van der Waals surface area contributed by atoms with Crippen molar-refractivity contribution in [1.29, 1.82) is 0 Å². The first-order valence-electron chi connectivity index (χ1n) is 7.79. The molecule has 1 unspecified atom stereocenters. The molecular weight excluding hydrogens is 274 g/mol. The summed E-state index contributed by atoms with van der Waals surface area (Å²) in [6.07, 6.45) is 7.19. The van der Waals surface area contributed by atoms with Crippen LogP contribution in [0.4, 0.5) is 4.79 Å². The highest BCUT2D eigenvalue weighted by atomic mass is 16.2. The Hall–Kier alpha value is -2.36. The second kappa shape index (κ2) is 6.60. The SMILES string of the molecule is C[n+]1ccc(CNC(=O)NC2CCCc3ccccc32)cc1. The number of urea groups is 1. The molecule has 1 atom stereocenters. The van der Waals surface area contributed by atoms with Crippen molar-refractivity contribution < 1.29 is 9.36 Å². The maximum absolute atomic E-state index is 12.1. The number of benzene rings is 1. The molecule has 4 heteroatoms. The lowest BCUT2D eigenvalue weighted by Gasteiger charge is -2.26. The van der Waals surface area contributed by atoms with E-state index in [9.17, 15) is 4.79 Å². The van der Waals surface area contributed by atoms with Gasteiger partial charge in [-0.25, -0.2) is 9.36 Å². The largest absolute Gasteiger partial charge is 0.334 e. The zero-order valence-electron chi connectivity index (χ0n) is 12.9. The summed E-state index contributed by atoms with van der Waals surface area (Å²) in [5.41, 5.74) is 3.71. The average molecular weight is 296 g/mol. The molecule has 2 N–H and O–H groups in total. The standard InChI is InChI=1S/C18H21N3O/c1-21-11-9-14(10-12-21)13-19-18(22)20-17-8-4-6-15-5-2-3-7-16(15)17/h2-3,5,7,9-12,17H,4,6,8,13H2,1H3,(H-,19,20,22)/p+1. The van der Waals surface area contributed by atoms with E-state index in [0.29, 0.717) is 6.54 Å². The molecule has 1 heterocycles. The van der Waals surface area contributed by atoms with Crippen molar-refractivity contribution >= 4 is 6.03 Å². The zero-order chi connectivity index (χ0) is 15.4. The predicted octanol–water partition coefficient (Wildman–Crippen LogP) is 2.39. The van der Waals surface area contributed by atoms with Gasteiger partial charge in [0.25, 0.3) is 0 Å². The van der Waals surface area contributed by atoms with Gasteiger partial charge in [-0.2, -0.15) is 0 Å². The number of pyridine rings is 1. The molecule has 1 aromatic carbocycles. The van der Waals surface area contributed by atoms with Crippen LogP contribution in [0.1, 0.15) is 35.6 Å². The van der Waals surface area contributed by atoms with Crippen molar-refractivity contribution in [1.82, 2.24) is 10.6 Å². The normalized spacial score (nSPS) is 16.7. The molecule has 0 spiro atoms. The summed E-state index contributed by atoms with van der Waals surface area (Å²) in [7, 11) is 1.98. The van der Waals surface area contributed by atoms with E-state index >= 15 is 0 Å². The smallest absolute Gasteiger partial charge is 0.315 e. The van der Waals surface area contributed by atoms with Crippen molar-refractivity contribution in [3.05, 3.63) is 65.5 Å². The molecule has 0 saturated carbocycles. The Balaban J connectivity index is 1.57. The maximum Gasteiger partial charge on any atom is 0.315 e. The van der Waals surface area contributed by atoms with Crippen molar-refractivity contribution in [2.45, 2.75) is 31.8 Å². The molecule has 2 amide bonds. The molecule has 4 nitrogen and oxygen atoms in total. The number of fused-ring (bicyclic) bond motifs is 1. The maximum atomic E-state index is 12.1. The first kappa shape index (κ1) is 14.6. The fourth-order valence-corrected chi connectivity index (χ4v) is 2.95. The molecule has 0 aliphatic heterocycles. The van der Waals surface area contributed by atoms with Crippen LogP contribution in [0.3, 0.4) is 0 Å². The Morgan fingerprint density at radius 3 is 2.82 bits per heavy atom. The summed E-state index contributed by atoms with van der Waals surface area (Å²) in [5, 5.41) is 6.04. The minimum absolute atomic E-state index is 0.102. The highest BCUT2D eigenvalue weighted by molar-refractivity contribution is 5.74. The van der Waals surface area contributed by atoms with E-state index in [1.807, 2.05) is 42.2 Å². The van der Waals surface area contributed by atoms with Crippen LogP contribution in [0, 0.1) is 0 Å². The Bertz CT molecular complexity index is 652. The van der Waals surface area contributed by atoms with Crippen molar-refractivity contribution in [3.63, 3.8) is 0 Å². The summed E-state index contributed by atoms with van der Waals surface area (Å²) >= 11 is 0. The lowest BCUT2D eigenvalue weighted by Crippen LogP contribution is -2.38. The van der Waals surface area contributed by atoms with E-state index in [4.69, 9.17) is 0 Å². The minimum Gasteiger partial charge on any atom is -0.334 e. The second-order valence-electron chi connectivity index (χ2n) is 5.84. The molecule has 1 aromatic heterocycles. The summed E-state index contributed by atoms with van der Waals surface area (Å²) < 4.78 is 1.97. The van der Waals surface area contributed by atoms with Gasteiger partial charge >= 0.3 is 6.03 Å². The van der Waals surface area contributed by atoms with Crippen molar-refractivity contribution in [2.24, 2.45) is 7.05 Å².